The number of aromatic amines is 1. The molecule has 3 aromatic rings. The Labute approximate surface area is 163 Å². The quantitative estimate of drug-likeness (QED) is 0.482. The van der Waals surface area contributed by atoms with Crippen LogP contribution in [0.1, 0.15) is 68.0 Å². The summed E-state index contributed by atoms with van der Waals surface area (Å²) in [6.07, 6.45) is 7.42. The second-order valence-corrected chi connectivity index (χ2v) is 7.97. The largest absolute Gasteiger partial charge is 0.357 e. The summed E-state index contributed by atoms with van der Waals surface area (Å²) in [4.78, 5) is 6.52. The highest BCUT2D eigenvalue weighted by Gasteiger charge is 2.30. The molecule has 1 N–H and O–H groups in total. The molecular formula is C25H32N2. The fourth-order valence-corrected chi connectivity index (χ4v) is 4.60. The maximum absolute atomic E-state index is 3.82. The third kappa shape index (κ3) is 3.82. The zero-order valence-corrected chi connectivity index (χ0v) is 16.8. The average Bonchev–Trinajstić information content (AvgIpc) is 3.08. The van der Waals surface area contributed by atoms with Gasteiger partial charge in [-0.3, -0.25) is 4.90 Å². The van der Waals surface area contributed by atoms with Crippen LogP contribution in [0.4, 0.5) is 0 Å². The van der Waals surface area contributed by atoms with Gasteiger partial charge in [0.05, 0.1) is 6.04 Å². The van der Waals surface area contributed by atoms with E-state index < -0.39 is 0 Å². The molecule has 2 heteroatoms. The first-order chi connectivity index (χ1) is 13.3. The molecule has 0 radical (unpaired) electrons. The molecular weight excluding hydrogens is 328 g/mol. The molecule has 1 unspecified atom stereocenters. The van der Waals surface area contributed by atoms with Crippen molar-refractivity contribution in [2.45, 2.75) is 65.0 Å². The van der Waals surface area contributed by atoms with Gasteiger partial charge >= 0.3 is 0 Å². The van der Waals surface area contributed by atoms with Gasteiger partial charge in [0.15, 0.2) is 0 Å². The normalized spacial score (nSPS) is 17.3. The zero-order chi connectivity index (χ0) is 18.6. The molecule has 142 valence electrons. The van der Waals surface area contributed by atoms with Crippen molar-refractivity contribution in [3.8, 4) is 0 Å². The maximum Gasteiger partial charge on any atom is 0.0505 e. The van der Waals surface area contributed by atoms with Gasteiger partial charge < -0.3 is 4.98 Å². The van der Waals surface area contributed by atoms with E-state index in [0.717, 1.165) is 25.9 Å². The third-order valence-corrected chi connectivity index (χ3v) is 6.14. The van der Waals surface area contributed by atoms with Crippen molar-refractivity contribution < 1.29 is 0 Å². The Bertz CT molecular complexity index is 878. The number of hydrogen-bond donors (Lipinski definition) is 1. The Morgan fingerprint density at radius 1 is 1.00 bits per heavy atom. The zero-order valence-electron chi connectivity index (χ0n) is 16.8. The Morgan fingerprint density at radius 3 is 2.63 bits per heavy atom. The van der Waals surface area contributed by atoms with Gasteiger partial charge in [-0.1, -0.05) is 69.5 Å². The number of H-pyrrole nitrogens is 1. The van der Waals surface area contributed by atoms with Crippen LogP contribution in [0.3, 0.4) is 0 Å². The average molecular weight is 361 g/mol. The Hall–Kier alpha value is -2.06. The fraction of sp³-hybridized carbons (Fsp3) is 0.440. The van der Waals surface area contributed by atoms with Crippen LogP contribution in [0, 0.1) is 0 Å². The van der Waals surface area contributed by atoms with Crippen LogP contribution in [0.2, 0.25) is 0 Å². The van der Waals surface area contributed by atoms with E-state index in [0.29, 0.717) is 6.04 Å². The van der Waals surface area contributed by atoms with Crippen LogP contribution < -0.4 is 0 Å². The first-order valence-corrected chi connectivity index (χ1v) is 10.7. The molecule has 0 saturated carbocycles. The molecule has 0 aliphatic carbocycles. The standard InChI is InChI=1S/C25H32N2/c1-3-5-7-12-24-25-21(22-17-19(4-2)13-14-23(22)26-25)15-16-27(24)18-20-10-8-6-9-11-20/h6,8-11,13-14,17,24,26H,3-5,7,12,15-16,18H2,1-2H3. The minimum atomic E-state index is 0.512. The minimum Gasteiger partial charge on any atom is -0.357 e. The lowest BCUT2D eigenvalue weighted by atomic mass is 9.92. The topological polar surface area (TPSA) is 19.0 Å². The molecule has 1 aliphatic rings. The van der Waals surface area contributed by atoms with Gasteiger partial charge in [0, 0.05) is 29.7 Å². The van der Waals surface area contributed by atoms with Gasteiger partial charge in [-0.2, -0.15) is 0 Å². The number of unbranched alkanes of at least 4 members (excludes halogenated alkanes) is 2. The molecule has 0 bridgehead atoms. The maximum atomic E-state index is 3.82. The second-order valence-electron chi connectivity index (χ2n) is 7.97. The van der Waals surface area contributed by atoms with Gasteiger partial charge in [-0.05, 0) is 48.1 Å². The van der Waals surface area contributed by atoms with E-state index in [-0.39, 0.29) is 0 Å². The number of nitrogens with one attached hydrogen (secondary N) is 1. The molecule has 4 rings (SSSR count). The molecule has 1 aliphatic heterocycles. The smallest absolute Gasteiger partial charge is 0.0505 e. The number of rotatable bonds is 7. The SMILES string of the molecule is CCCCCC1c2[nH]c3ccc(CC)cc3c2CCN1Cc1ccccc1. The lowest BCUT2D eigenvalue weighted by molar-refractivity contribution is 0.161. The number of benzene rings is 2. The van der Waals surface area contributed by atoms with Crippen molar-refractivity contribution in [2.24, 2.45) is 0 Å². The number of hydrogen-bond acceptors (Lipinski definition) is 1. The molecule has 2 aromatic carbocycles. The number of aryl methyl sites for hydroxylation is 1. The highest BCUT2D eigenvalue weighted by Crippen LogP contribution is 2.38. The monoisotopic (exact) mass is 360 g/mol. The summed E-state index contributed by atoms with van der Waals surface area (Å²) in [7, 11) is 0. The van der Waals surface area contributed by atoms with E-state index in [1.165, 1.54) is 53.4 Å². The summed E-state index contributed by atoms with van der Waals surface area (Å²) in [5, 5.41) is 1.46. The predicted molar refractivity (Wildman–Crippen MR) is 115 cm³/mol. The lowest BCUT2D eigenvalue weighted by Crippen LogP contribution is -2.35. The number of nitrogens with zero attached hydrogens (tertiary/aromatic N) is 1. The molecule has 1 atom stereocenters. The van der Waals surface area contributed by atoms with Gasteiger partial charge in [0.2, 0.25) is 0 Å². The van der Waals surface area contributed by atoms with Gasteiger partial charge in [-0.15, -0.1) is 0 Å². The second kappa shape index (κ2) is 8.31. The van der Waals surface area contributed by atoms with Crippen molar-refractivity contribution in [1.82, 2.24) is 9.88 Å². The van der Waals surface area contributed by atoms with Crippen LogP contribution in [-0.4, -0.2) is 16.4 Å². The Balaban J connectivity index is 1.67. The molecule has 27 heavy (non-hydrogen) atoms. The molecule has 2 nitrogen and oxygen atoms in total. The van der Waals surface area contributed by atoms with Crippen molar-refractivity contribution in [3.63, 3.8) is 0 Å². The van der Waals surface area contributed by atoms with E-state index in [9.17, 15) is 0 Å². The predicted octanol–water partition coefficient (Wildman–Crippen LogP) is 6.41. The summed E-state index contributed by atoms with van der Waals surface area (Å²) < 4.78 is 0. The van der Waals surface area contributed by atoms with E-state index in [2.05, 4.69) is 72.3 Å². The lowest BCUT2D eigenvalue weighted by Gasteiger charge is -2.36. The highest BCUT2D eigenvalue weighted by molar-refractivity contribution is 5.86. The third-order valence-electron chi connectivity index (χ3n) is 6.14. The van der Waals surface area contributed by atoms with E-state index in [1.807, 2.05) is 0 Å². The molecule has 0 fully saturated rings. The van der Waals surface area contributed by atoms with Crippen molar-refractivity contribution in [3.05, 3.63) is 70.9 Å². The van der Waals surface area contributed by atoms with E-state index in [1.54, 1.807) is 5.56 Å². The van der Waals surface area contributed by atoms with Crippen LogP contribution >= 0.6 is 0 Å². The summed E-state index contributed by atoms with van der Waals surface area (Å²) in [5.74, 6) is 0. The van der Waals surface area contributed by atoms with Crippen molar-refractivity contribution in [1.29, 1.82) is 0 Å². The molecule has 2 heterocycles. The summed E-state index contributed by atoms with van der Waals surface area (Å²) >= 11 is 0. The van der Waals surface area contributed by atoms with E-state index in [4.69, 9.17) is 0 Å². The number of fused-ring (bicyclic) bond motifs is 3. The van der Waals surface area contributed by atoms with E-state index >= 15 is 0 Å². The molecule has 0 amide bonds. The Morgan fingerprint density at radius 2 is 1.85 bits per heavy atom. The van der Waals surface area contributed by atoms with Crippen LogP contribution in [0.25, 0.3) is 10.9 Å². The molecule has 1 aromatic heterocycles. The molecule has 0 spiro atoms. The molecule has 0 saturated heterocycles. The Kier molecular flexibility index (Phi) is 5.63. The van der Waals surface area contributed by atoms with Crippen molar-refractivity contribution >= 4 is 10.9 Å². The van der Waals surface area contributed by atoms with Crippen LogP contribution in [0.15, 0.2) is 48.5 Å². The number of aromatic nitrogens is 1. The van der Waals surface area contributed by atoms with Crippen LogP contribution in [0.5, 0.6) is 0 Å². The summed E-state index contributed by atoms with van der Waals surface area (Å²) in [6, 6.07) is 18.4. The first kappa shape index (κ1) is 18.3. The minimum absolute atomic E-state index is 0.512. The summed E-state index contributed by atoms with van der Waals surface area (Å²) in [5.41, 5.74) is 7.24. The van der Waals surface area contributed by atoms with Gasteiger partial charge in [0.1, 0.15) is 0 Å². The van der Waals surface area contributed by atoms with Crippen molar-refractivity contribution in [2.75, 3.05) is 6.54 Å². The van der Waals surface area contributed by atoms with Crippen LogP contribution in [-0.2, 0) is 19.4 Å². The fourth-order valence-electron chi connectivity index (χ4n) is 4.60. The summed E-state index contributed by atoms with van der Waals surface area (Å²) in [6.45, 7) is 6.74. The van der Waals surface area contributed by atoms with Gasteiger partial charge in [0.25, 0.3) is 0 Å². The first-order valence-electron chi connectivity index (χ1n) is 10.7. The highest BCUT2D eigenvalue weighted by atomic mass is 15.2. The van der Waals surface area contributed by atoms with Gasteiger partial charge in [-0.25, -0.2) is 0 Å².